The molecular formula is C9H16N2O. The zero-order valence-corrected chi connectivity index (χ0v) is 7.47. The summed E-state index contributed by atoms with van der Waals surface area (Å²) < 4.78 is 0. The third-order valence-corrected chi connectivity index (χ3v) is 1.93. The number of nitrogens with one attached hydrogen (secondary N) is 2. The van der Waals surface area contributed by atoms with Crippen molar-refractivity contribution >= 4 is 5.91 Å². The second kappa shape index (κ2) is 4.93. The smallest absolute Gasteiger partial charge is 0.233 e. The zero-order chi connectivity index (χ0) is 8.81. The van der Waals surface area contributed by atoms with Gasteiger partial charge in [0.05, 0.1) is 6.54 Å². The van der Waals surface area contributed by atoms with Crippen molar-refractivity contribution in [3.63, 3.8) is 0 Å². The SMILES string of the molecule is CCNC(=O)CNC1CC=CC1. The lowest BCUT2D eigenvalue weighted by Crippen LogP contribution is -2.38. The van der Waals surface area contributed by atoms with Crippen molar-refractivity contribution in [2.24, 2.45) is 0 Å². The summed E-state index contributed by atoms with van der Waals surface area (Å²) in [5.41, 5.74) is 0. The predicted octanol–water partition coefficient (Wildman–Crippen LogP) is 0.431. The van der Waals surface area contributed by atoms with Crippen molar-refractivity contribution in [1.82, 2.24) is 10.6 Å². The highest BCUT2D eigenvalue weighted by atomic mass is 16.1. The van der Waals surface area contributed by atoms with E-state index in [1.165, 1.54) is 0 Å². The monoisotopic (exact) mass is 168 g/mol. The predicted molar refractivity (Wildman–Crippen MR) is 48.8 cm³/mol. The molecule has 2 N–H and O–H groups in total. The Morgan fingerprint density at radius 1 is 1.50 bits per heavy atom. The minimum Gasteiger partial charge on any atom is -0.355 e. The van der Waals surface area contributed by atoms with E-state index in [0.29, 0.717) is 19.1 Å². The van der Waals surface area contributed by atoms with Crippen LogP contribution in [0.2, 0.25) is 0 Å². The molecule has 0 atom stereocenters. The molecule has 1 rings (SSSR count). The van der Waals surface area contributed by atoms with Gasteiger partial charge < -0.3 is 10.6 Å². The molecule has 0 heterocycles. The quantitative estimate of drug-likeness (QED) is 0.598. The lowest BCUT2D eigenvalue weighted by Gasteiger charge is -2.10. The van der Waals surface area contributed by atoms with Crippen LogP contribution in [0.25, 0.3) is 0 Å². The van der Waals surface area contributed by atoms with Crippen LogP contribution in [0.15, 0.2) is 12.2 Å². The van der Waals surface area contributed by atoms with E-state index in [4.69, 9.17) is 0 Å². The van der Waals surface area contributed by atoms with Gasteiger partial charge in [0, 0.05) is 12.6 Å². The van der Waals surface area contributed by atoms with Crippen LogP contribution in [0.3, 0.4) is 0 Å². The van der Waals surface area contributed by atoms with Crippen molar-refractivity contribution in [3.05, 3.63) is 12.2 Å². The fraction of sp³-hybridized carbons (Fsp3) is 0.667. The van der Waals surface area contributed by atoms with Crippen LogP contribution >= 0.6 is 0 Å². The second-order valence-corrected chi connectivity index (χ2v) is 2.97. The van der Waals surface area contributed by atoms with Gasteiger partial charge in [-0.2, -0.15) is 0 Å². The first-order chi connectivity index (χ1) is 5.83. The second-order valence-electron chi connectivity index (χ2n) is 2.97. The Kier molecular flexibility index (Phi) is 3.80. The summed E-state index contributed by atoms with van der Waals surface area (Å²) in [6, 6.07) is 0.479. The van der Waals surface area contributed by atoms with Gasteiger partial charge in [-0.05, 0) is 19.8 Å². The number of likely N-dealkylation sites (N-methyl/N-ethyl adjacent to an activating group) is 1. The molecule has 0 saturated heterocycles. The van der Waals surface area contributed by atoms with E-state index in [2.05, 4.69) is 22.8 Å². The molecule has 0 fully saturated rings. The number of rotatable bonds is 4. The summed E-state index contributed by atoms with van der Waals surface area (Å²) in [5, 5.41) is 5.94. The molecule has 0 aromatic rings. The molecular weight excluding hydrogens is 152 g/mol. The Hall–Kier alpha value is -0.830. The van der Waals surface area contributed by atoms with E-state index in [-0.39, 0.29) is 5.91 Å². The molecule has 0 aromatic carbocycles. The third-order valence-electron chi connectivity index (χ3n) is 1.93. The molecule has 0 unspecified atom stereocenters. The van der Waals surface area contributed by atoms with Gasteiger partial charge in [-0.15, -0.1) is 0 Å². The van der Waals surface area contributed by atoms with Crippen LogP contribution in [-0.2, 0) is 4.79 Å². The molecule has 1 aliphatic rings. The maximum Gasteiger partial charge on any atom is 0.233 e. The minimum absolute atomic E-state index is 0.0874. The molecule has 0 radical (unpaired) electrons. The van der Waals surface area contributed by atoms with Gasteiger partial charge in [0.2, 0.25) is 5.91 Å². The number of amides is 1. The van der Waals surface area contributed by atoms with Crippen molar-refractivity contribution in [2.75, 3.05) is 13.1 Å². The maximum absolute atomic E-state index is 11.0. The van der Waals surface area contributed by atoms with E-state index in [1.807, 2.05) is 6.92 Å². The number of carbonyl (C=O) groups is 1. The van der Waals surface area contributed by atoms with Gasteiger partial charge >= 0.3 is 0 Å². The van der Waals surface area contributed by atoms with E-state index in [1.54, 1.807) is 0 Å². The molecule has 0 aliphatic heterocycles. The lowest BCUT2D eigenvalue weighted by atomic mass is 10.2. The van der Waals surface area contributed by atoms with Gasteiger partial charge in [-0.25, -0.2) is 0 Å². The van der Waals surface area contributed by atoms with E-state index >= 15 is 0 Å². The first-order valence-electron chi connectivity index (χ1n) is 4.48. The van der Waals surface area contributed by atoms with Gasteiger partial charge in [0.1, 0.15) is 0 Å². The molecule has 0 aromatic heterocycles. The molecule has 1 aliphatic carbocycles. The highest BCUT2D eigenvalue weighted by Crippen LogP contribution is 2.08. The molecule has 3 heteroatoms. The fourth-order valence-corrected chi connectivity index (χ4v) is 1.28. The standard InChI is InChI=1S/C9H16N2O/c1-2-10-9(12)7-11-8-5-3-4-6-8/h3-4,8,11H,2,5-7H2,1H3,(H,10,12). The van der Waals surface area contributed by atoms with Crippen molar-refractivity contribution in [3.8, 4) is 0 Å². The Morgan fingerprint density at radius 3 is 2.75 bits per heavy atom. The Balaban J connectivity index is 2.04. The van der Waals surface area contributed by atoms with Gasteiger partial charge in [0.15, 0.2) is 0 Å². The number of hydrogen-bond donors (Lipinski definition) is 2. The molecule has 0 bridgehead atoms. The number of carbonyl (C=O) groups excluding carboxylic acids is 1. The third kappa shape index (κ3) is 3.05. The van der Waals surface area contributed by atoms with Gasteiger partial charge in [-0.1, -0.05) is 12.2 Å². The van der Waals surface area contributed by atoms with Crippen molar-refractivity contribution in [1.29, 1.82) is 0 Å². The molecule has 68 valence electrons. The summed E-state index contributed by atoms with van der Waals surface area (Å²) >= 11 is 0. The minimum atomic E-state index is 0.0874. The highest BCUT2D eigenvalue weighted by molar-refractivity contribution is 5.77. The normalized spacial score (nSPS) is 16.8. The summed E-state index contributed by atoms with van der Waals surface area (Å²) in [6.45, 7) is 3.08. The lowest BCUT2D eigenvalue weighted by molar-refractivity contribution is -0.120. The largest absolute Gasteiger partial charge is 0.355 e. The summed E-state index contributed by atoms with van der Waals surface area (Å²) in [7, 11) is 0. The van der Waals surface area contributed by atoms with E-state index in [0.717, 1.165) is 12.8 Å². The molecule has 12 heavy (non-hydrogen) atoms. The van der Waals surface area contributed by atoms with Crippen molar-refractivity contribution in [2.45, 2.75) is 25.8 Å². The van der Waals surface area contributed by atoms with Gasteiger partial charge in [0.25, 0.3) is 0 Å². The van der Waals surface area contributed by atoms with E-state index in [9.17, 15) is 4.79 Å². The summed E-state index contributed by atoms with van der Waals surface area (Å²) in [4.78, 5) is 11.0. The Morgan fingerprint density at radius 2 is 2.17 bits per heavy atom. The molecule has 0 spiro atoms. The average molecular weight is 168 g/mol. The number of hydrogen-bond acceptors (Lipinski definition) is 2. The van der Waals surface area contributed by atoms with Gasteiger partial charge in [-0.3, -0.25) is 4.79 Å². The summed E-state index contributed by atoms with van der Waals surface area (Å²) in [5.74, 6) is 0.0874. The summed E-state index contributed by atoms with van der Waals surface area (Å²) in [6.07, 6.45) is 6.41. The average Bonchev–Trinajstić information content (AvgIpc) is 2.53. The van der Waals surface area contributed by atoms with Crippen LogP contribution in [0.1, 0.15) is 19.8 Å². The van der Waals surface area contributed by atoms with Crippen LogP contribution in [0.5, 0.6) is 0 Å². The molecule has 1 amide bonds. The first kappa shape index (κ1) is 9.26. The maximum atomic E-state index is 11.0. The Labute approximate surface area is 73.2 Å². The Bertz CT molecular complexity index is 169. The van der Waals surface area contributed by atoms with Crippen molar-refractivity contribution < 1.29 is 4.79 Å². The first-order valence-corrected chi connectivity index (χ1v) is 4.48. The molecule has 0 saturated carbocycles. The highest BCUT2D eigenvalue weighted by Gasteiger charge is 2.10. The zero-order valence-electron chi connectivity index (χ0n) is 7.47. The topological polar surface area (TPSA) is 41.1 Å². The van der Waals surface area contributed by atoms with Crippen LogP contribution in [0, 0.1) is 0 Å². The molecule has 3 nitrogen and oxygen atoms in total. The van der Waals surface area contributed by atoms with E-state index < -0.39 is 0 Å². The fourth-order valence-electron chi connectivity index (χ4n) is 1.28. The van der Waals surface area contributed by atoms with Crippen LogP contribution in [0.4, 0.5) is 0 Å². The van der Waals surface area contributed by atoms with Crippen LogP contribution in [-0.4, -0.2) is 25.0 Å². The van der Waals surface area contributed by atoms with Crippen LogP contribution < -0.4 is 10.6 Å².